The molecule has 1 fully saturated rings. The number of Topliss-reactive ketones (excluding diaryl/α,β-unsaturated/α-hetero) is 1. The van der Waals surface area contributed by atoms with Gasteiger partial charge in [-0.25, -0.2) is 0 Å². The molecule has 1 aliphatic carbocycles. The molecule has 0 bridgehead atoms. The summed E-state index contributed by atoms with van der Waals surface area (Å²) in [6, 6.07) is 9.11. The van der Waals surface area contributed by atoms with Crippen LogP contribution in [-0.2, 0) is 0 Å². The highest BCUT2D eigenvalue weighted by atomic mass is 79.9. The zero-order valence-corrected chi connectivity index (χ0v) is 14.5. The van der Waals surface area contributed by atoms with Crippen LogP contribution in [0.15, 0.2) is 39.9 Å². The van der Waals surface area contributed by atoms with Crippen molar-refractivity contribution in [2.75, 3.05) is 5.73 Å². The first-order valence-corrected chi connectivity index (χ1v) is 8.51. The third kappa shape index (κ3) is 3.24. The molecule has 3 rings (SSSR count). The second-order valence-electron chi connectivity index (χ2n) is 5.69. The van der Waals surface area contributed by atoms with Crippen molar-refractivity contribution in [3.05, 3.63) is 46.1 Å². The normalized spacial score (nSPS) is 15.4. The van der Waals surface area contributed by atoms with E-state index in [0.717, 1.165) is 30.2 Å². The number of halogens is 1. The fourth-order valence-corrected chi connectivity index (χ4v) is 3.02. The van der Waals surface area contributed by atoms with E-state index < -0.39 is 0 Å². The third-order valence-corrected chi connectivity index (χ3v) is 4.60. The molecule has 0 amide bonds. The SMILES string of the molecule is N#Cc1cnn(/C(=N/C2CCCC2)C(=O)c2ccc(Br)cc2)c1N. The van der Waals surface area contributed by atoms with E-state index in [4.69, 9.17) is 11.0 Å². The van der Waals surface area contributed by atoms with Gasteiger partial charge in [-0.3, -0.25) is 9.79 Å². The Balaban J connectivity index is 2.04. The van der Waals surface area contributed by atoms with Gasteiger partial charge in [0.05, 0.1) is 12.2 Å². The van der Waals surface area contributed by atoms with Crippen molar-refractivity contribution in [3.63, 3.8) is 0 Å². The Kier molecular flexibility index (Phi) is 4.76. The van der Waals surface area contributed by atoms with Gasteiger partial charge in [-0.2, -0.15) is 15.0 Å². The molecule has 24 heavy (non-hydrogen) atoms. The summed E-state index contributed by atoms with van der Waals surface area (Å²) in [5, 5.41) is 13.2. The van der Waals surface area contributed by atoms with E-state index in [1.54, 1.807) is 24.3 Å². The van der Waals surface area contributed by atoms with Crippen LogP contribution in [0.1, 0.15) is 41.6 Å². The first-order chi connectivity index (χ1) is 11.6. The lowest BCUT2D eigenvalue weighted by molar-refractivity contribution is 0.106. The minimum atomic E-state index is -0.256. The fraction of sp³-hybridized carbons (Fsp3) is 0.294. The number of aromatic nitrogens is 2. The molecular formula is C17H16BrN5O. The molecule has 7 heteroatoms. The topological polar surface area (TPSA) is 97.1 Å². The zero-order valence-electron chi connectivity index (χ0n) is 12.9. The van der Waals surface area contributed by atoms with Crippen LogP contribution in [0, 0.1) is 11.3 Å². The van der Waals surface area contributed by atoms with Gasteiger partial charge in [-0.05, 0) is 37.1 Å². The second kappa shape index (κ2) is 6.97. The van der Waals surface area contributed by atoms with E-state index in [1.165, 1.54) is 10.9 Å². The number of aliphatic imine (C=N–C) groups is 1. The predicted octanol–water partition coefficient (Wildman–Crippen LogP) is 3.17. The number of anilines is 1. The van der Waals surface area contributed by atoms with Crippen LogP contribution >= 0.6 is 15.9 Å². The lowest BCUT2D eigenvalue weighted by atomic mass is 10.1. The lowest BCUT2D eigenvalue weighted by Gasteiger charge is -2.11. The van der Waals surface area contributed by atoms with Gasteiger partial charge in [0.15, 0.2) is 5.84 Å². The number of hydrogen-bond acceptors (Lipinski definition) is 5. The smallest absolute Gasteiger partial charge is 0.229 e. The Morgan fingerprint density at radius 1 is 1.33 bits per heavy atom. The number of nitriles is 1. The summed E-state index contributed by atoms with van der Waals surface area (Å²) in [6.07, 6.45) is 5.46. The summed E-state index contributed by atoms with van der Waals surface area (Å²) >= 11 is 3.36. The Labute approximate surface area is 148 Å². The molecule has 0 saturated heterocycles. The zero-order chi connectivity index (χ0) is 17.1. The average Bonchev–Trinajstić information content (AvgIpc) is 3.22. The number of nitrogens with two attached hydrogens (primary N) is 1. The van der Waals surface area contributed by atoms with Crippen LogP contribution in [0.3, 0.4) is 0 Å². The highest BCUT2D eigenvalue weighted by Crippen LogP contribution is 2.23. The van der Waals surface area contributed by atoms with Crippen molar-refractivity contribution in [3.8, 4) is 6.07 Å². The molecule has 6 nitrogen and oxygen atoms in total. The number of carbonyl (C=O) groups is 1. The van der Waals surface area contributed by atoms with Crippen LogP contribution in [-0.4, -0.2) is 27.4 Å². The van der Waals surface area contributed by atoms with Crippen LogP contribution in [0.4, 0.5) is 5.82 Å². The van der Waals surface area contributed by atoms with Gasteiger partial charge in [0.2, 0.25) is 5.78 Å². The van der Waals surface area contributed by atoms with Crippen molar-refractivity contribution in [1.29, 1.82) is 5.26 Å². The number of nitrogen functional groups attached to an aromatic ring is 1. The maximum atomic E-state index is 12.9. The molecule has 2 aromatic rings. The van der Waals surface area contributed by atoms with Gasteiger partial charge in [0.25, 0.3) is 0 Å². The number of carbonyl (C=O) groups excluding carboxylic acids is 1. The minimum Gasteiger partial charge on any atom is -0.382 e. The highest BCUT2D eigenvalue weighted by molar-refractivity contribution is 9.10. The summed E-state index contributed by atoms with van der Waals surface area (Å²) in [5.74, 6) is 0.0524. The van der Waals surface area contributed by atoms with E-state index in [1.807, 2.05) is 6.07 Å². The molecule has 0 atom stereocenters. The summed E-state index contributed by atoms with van der Waals surface area (Å²) in [7, 11) is 0. The van der Waals surface area contributed by atoms with Gasteiger partial charge >= 0.3 is 0 Å². The summed E-state index contributed by atoms with van der Waals surface area (Å²) in [5.41, 5.74) is 6.70. The van der Waals surface area contributed by atoms with Crippen molar-refractivity contribution >= 4 is 33.4 Å². The van der Waals surface area contributed by atoms with E-state index in [-0.39, 0.29) is 29.0 Å². The largest absolute Gasteiger partial charge is 0.382 e. The third-order valence-electron chi connectivity index (χ3n) is 4.07. The second-order valence-corrected chi connectivity index (χ2v) is 6.61. The molecule has 2 N–H and O–H groups in total. The van der Waals surface area contributed by atoms with Crippen LogP contribution in [0.5, 0.6) is 0 Å². The highest BCUT2D eigenvalue weighted by Gasteiger charge is 2.24. The average molecular weight is 386 g/mol. The molecule has 0 spiro atoms. The molecule has 1 heterocycles. The Morgan fingerprint density at radius 2 is 2.00 bits per heavy atom. The first kappa shape index (κ1) is 16.4. The number of hydrogen-bond donors (Lipinski definition) is 1. The van der Waals surface area contributed by atoms with Gasteiger partial charge < -0.3 is 5.73 Å². The fourth-order valence-electron chi connectivity index (χ4n) is 2.76. The number of nitrogens with zero attached hydrogens (tertiary/aromatic N) is 4. The van der Waals surface area contributed by atoms with Crippen LogP contribution < -0.4 is 5.73 Å². The summed E-state index contributed by atoms with van der Waals surface area (Å²) in [4.78, 5) is 17.6. The van der Waals surface area contributed by atoms with Crippen LogP contribution in [0.2, 0.25) is 0 Å². The maximum Gasteiger partial charge on any atom is 0.229 e. The molecular weight excluding hydrogens is 370 g/mol. The molecule has 0 unspecified atom stereocenters. The molecule has 0 aliphatic heterocycles. The standard InChI is InChI=1S/C17H16BrN5O/c18-13-7-5-11(6-8-13)15(24)17(22-14-3-1-2-4-14)23-16(20)12(9-19)10-21-23/h5-8,10,14H,1-4,20H2/b22-17+. The van der Waals surface area contributed by atoms with E-state index in [0.29, 0.717) is 5.56 Å². The van der Waals surface area contributed by atoms with Gasteiger partial charge in [0.1, 0.15) is 17.5 Å². The van der Waals surface area contributed by atoms with E-state index >= 15 is 0 Å². The predicted molar refractivity (Wildman–Crippen MR) is 94.9 cm³/mol. The minimum absolute atomic E-state index is 0.0912. The van der Waals surface area contributed by atoms with Gasteiger partial charge in [-0.1, -0.05) is 28.8 Å². The van der Waals surface area contributed by atoms with Crippen molar-refractivity contribution < 1.29 is 4.79 Å². The van der Waals surface area contributed by atoms with Crippen LogP contribution in [0.25, 0.3) is 0 Å². The van der Waals surface area contributed by atoms with Gasteiger partial charge in [-0.15, -0.1) is 0 Å². The van der Waals surface area contributed by atoms with Crippen molar-refractivity contribution in [2.24, 2.45) is 4.99 Å². The number of benzene rings is 1. The molecule has 122 valence electrons. The maximum absolute atomic E-state index is 12.9. The monoisotopic (exact) mass is 385 g/mol. The Morgan fingerprint density at radius 3 is 2.58 bits per heavy atom. The molecule has 0 radical (unpaired) electrons. The molecule has 1 aromatic carbocycles. The molecule has 1 saturated carbocycles. The number of rotatable bonds is 3. The van der Waals surface area contributed by atoms with Crippen molar-refractivity contribution in [1.82, 2.24) is 9.78 Å². The molecule has 1 aromatic heterocycles. The molecule has 1 aliphatic rings. The number of ketones is 1. The Hall–Kier alpha value is -2.46. The van der Waals surface area contributed by atoms with E-state index in [2.05, 4.69) is 26.0 Å². The van der Waals surface area contributed by atoms with Crippen molar-refractivity contribution in [2.45, 2.75) is 31.7 Å². The summed E-state index contributed by atoms with van der Waals surface area (Å²) in [6.45, 7) is 0. The quantitative estimate of drug-likeness (QED) is 0.498. The summed E-state index contributed by atoms with van der Waals surface area (Å²) < 4.78 is 2.17. The van der Waals surface area contributed by atoms with E-state index in [9.17, 15) is 4.79 Å². The van der Waals surface area contributed by atoms with Gasteiger partial charge in [0, 0.05) is 10.0 Å². The first-order valence-electron chi connectivity index (χ1n) is 7.72. The Bertz CT molecular complexity index is 826. The lowest BCUT2D eigenvalue weighted by Crippen LogP contribution is -2.27.